The lowest BCUT2D eigenvalue weighted by atomic mass is 10.1. The fourth-order valence-electron chi connectivity index (χ4n) is 2.73. The fraction of sp³-hybridized carbons (Fsp3) is 0.409. The maximum absolute atomic E-state index is 5.69. The molecule has 2 N–H and O–H groups in total. The normalized spacial score (nSPS) is 11.1. The minimum absolute atomic E-state index is 0.680. The van der Waals surface area contributed by atoms with Gasteiger partial charge in [0.05, 0.1) is 20.8 Å². The van der Waals surface area contributed by atoms with E-state index in [0.29, 0.717) is 6.54 Å². The predicted octanol–water partition coefficient (Wildman–Crippen LogP) is 3.40. The summed E-state index contributed by atoms with van der Waals surface area (Å²) in [5.74, 6) is 3.15. The van der Waals surface area contributed by atoms with Crippen molar-refractivity contribution in [2.45, 2.75) is 26.3 Å². The summed E-state index contributed by atoms with van der Waals surface area (Å²) in [5, 5.41) is 6.67. The summed E-state index contributed by atoms with van der Waals surface area (Å²) in [6, 6.07) is 14.1. The van der Waals surface area contributed by atoms with Crippen LogP contribution in [0, 0.1) is 0 Å². The highest BCUT2D eigenvalue weighted by Gasteiger charge is 2.05. The van der Waals surface area contributed by atoms with Gasteiger partial charge in [-0.3, -0.25) is 4.99 Å². The van der Waals surface area contributed by atoms with Crippen LogP contribution < -0.4 is 24.8 Å². The second-order valence-corrected chi connectivity index (χ2v) is 6.29. The van der Waals surface area contributed by atoms with Crippen molar-refractivity contribution in [3.63, 3.8) is 0 Å². The van der Waals surface area contributed by atoms with Gasteiger partial charge in [0, 0.05) is 20.1 Å². The Morgan fingerprint density at radius 2 is 1.79 bits per heavy atom. The Bertz CT molecular complexity index is 762. The molecular formula is C22H31N3O3. The van der Waals surface area contributed by atoms with E-state index in [9.17, 15) is 0 Å². The van der Waals surface area contributed by atoms with Gasteiger partial charge >= 0.3 is 0 Å². The summed E-state index contributed by atoms with van der Waals surface area (Å²) in [6.07, 6.45) is 1.85. The van der Waals surface area contributed by atoms with Crippen molar-refractivity contribution in [2.75, 3.05) is 34.4 Å². The Balaban J connectivity index is 1.82. The van der Waals surface area contributed by atoms with E-state index in [1.807, 2.05) is 30.3 Å². The number of methoxy groups -OCH3 is 2. The van der Waals surface area contributed by atoms with Crippen LogP contribution in [0.15, 0.2) is 47.5 Å². The molecule has 6 heteroatoms. The van der Waals surface area contributed by atoms with Gasteiger partial charge in [0.25, 0.3) is 0 Å². The molecule has 0 aromatic heterocycles. The molecule has 0 aliphatic rings. The van der Waals surface area contributed by atoms with Gasteiger partial charge in [-0.25, -0.2) is 0 Å². The molecule has 0 fully saturated rings. The van der Waals surface area contributed by atoms with Crippen LogP contribution in [0.25, 0.3) is 0 Å². The summed E-state index contributed by atoms with van der Waals surface area (Å²) >= 11 is 0. The maximum Gasteiger partial charge on any atom is 0.191 e. The molecule has 6 nitrogen and oxygen atoms in total. The van der Waals surface area contributed by atoms with Gasteiger partial charge < -0.3 is 24.8 Å². The SMILES string of the molecule is CCCOc1cccc(CNC(=NC)NCCc2ccc(OC)c(OC)c2)c1. The van der Waals surface area contributed by atoms with Crippen molar-refractivity contribution in [1.29, 1.82) is 0 Å². The number of nitrogens with zero attached hydrogens (tertiary/aromatic N) is 1. The van der Waals surface area contributed by atoms with Crippen LogP contribution in [0.4, 0.5) is 0 Å². The van der Waals surface area contributed by atoms with Gasteiger partial charge in [-0.15, -0.1) is 0 Å². The van der Waals surface area contributed by atoms with E-state index >= 15 is 0 Å². The molecule has 0 atom stereocenters. The Labute approximate surface area is 167 Å². The van der Waals surface area contributed by atoms with Gasteiger partial charge in [0.15, 0.2) is 17.5 Å². The summed E-state index contributed by atoms with van der Waals surface area (Å²) in [5.41, 5.74) is 2.32. The summed E-state index contributed by atoms with van der Waals surface area (Å²) < 4.78 is 16.3. The molecule has 0 radical (unpaired) electrons. The molecule has 0 saturated carbocycles. The van der Waals surface area contributed by atoms with Crippen LogP contribution in [0.3, 0.4) is 0 Å². The van der Waals surface area contributed by atoms with Crippen LogP contribution in [0.1, 0.15) is 24.5 Å². The number of ether oxygens (including phenoxy) is 3. The third kappa shape index (κ3) is 6.68. The van der Waals surface area contributed by atoms with E-state index < -0.39 is 0 Å². The first-order valence-electron chi connectivity index (χ1n) is 9.57. The first kappa shape index (κ1) is 21.4. The molecule has 0 bridgehead atoms. The van der Waals surface area contributed by atoms with E-state index in [4.69, 9.17) is 14.2 Å². The molecule has 2 aromatic carbocycles. The van der Waals surface area contributed by atoms with E-state index in [1.165, 1.54) is 5.56 Å². The molecule has 0 unspecified atom stereocenters. The second-order valence-electron chi connectivity index (χ2n) is 6.29. The van der Waals surface area contributed by atoms with Crippen molar-refractivity contribution < 1.29 is 14.2 Å². The zero-order valence-corrected chi connectivity index (χ0v) is 17.2. The Morgan fingerprint density at radius 3 is 2.50 bits per heavy atom. The highest BCUT2D eigenvalue weighted by atomic mass is 16.5. The molecule has 0 aliphatic carbocycles. The van der Waals surface area contributed by atoms with E-state index in [0.717, 1.165) is 54.8 Å². The van der Waals surface area contributed by atoms with Gasteiger partial charge in [-0.05, 0) is 48.2 Å². The molecule has 152 valence electrons. The quantitative estimate of drug-likeness (QED) is 0.485. The standard InChI is InChI=1S/C22H31N3O3/c1-5-13-28-19-8-6-7-18(14-19)16-25-22(23-2)24-12-11-17-9-10-20(26-3)21(15-17)27-4/h6-10,14-15H,5,11-13,16H2,1-4H3,(H2,23,24,25). The first-order chi connectivity index (χ1) is 13.7. The zero-order valence-electron chi connectivity index (χ0n) is 17.2. The highest BCUT2D eigenvalue weighted by molar-refractivity contribution is 5.79. The van der Waals surface area contributed by atoms with Crippen molar-refractivity contribution in [1.82, 2.24) is 10.6 Å². The lowest BCUT2D eigenvalue weighted by molar-refractivity contribution is 0.317. The number of aliphatic imine (C=N–C) groups is 1. The Morgan fingerprint density at radius 1 is 0.964 bits per heavy atom. The number of guanidine groups is 1. The fourth-order valence-corrected chi connectivity index (χ4v) is 2.73. The lowest BCUT2D eigenvalue weighted by Crippen LogP contribution is -2.37. The van der Waals surface area contributed by atoms with Crippen molar-refractivity contribution >= 4 is 5.96 Å². The van der Waals surface area contributed by atoms with Crippen molar-refractivity contribution in [3.8, 4) is 17.2 Å². The largest absolute Gasteiger partial charge is 0.494 e. The molecule has 0 heterocycles. The Kier molecular flexibility index (Phi) is 8.98. The van der Waals surface area contributed by atoms with Crippen LogP contribution in [-0.4, -0.2) is 40.4 Å². The van der Waals surface area contributed by atoms with Gasteiger partial charge in [-0.1, -0.05) is 25.1 Å². The highest BCUT2D eigenvalue weighted by Crippen LogP contribution is 2.27. The predicted molar refractivity (Wildman–Crippen MR) is 114 cm³/mol. The van der Waals surface area contributed by atoms with Gasteiger partial charge in [0.1, 0.15) is 5.75 Å². The number of hydrogen-bond acceptors (Lipinski definition) is 4. The van der Waals surface area contributed by atoms with Crippen LogP contribution in [-0.2, 0) is 13.0 Å². The topological polar surface area (TPSA) is 64.1 Å². The summed E-state index contributed by atoms with van der Waals surface area (Å²) in [4.78, 5) is 4.29. The molecule has 28 heavy (non-hydrogen) atoms. The molecule has 0 aliphatic heterocycles. The van der Waals surface area contributed by atoms with Crippen LogP contribution >= 0.6 is 0 Å². The van der Waals surface area contributed by atoms with Gasteiger partial charge in [-0.2, -0.15) is 0 Å². The summed E-state index contributed by atoms with van der Waals surface area (Å²) in [6.45, 7) is 4.27. The Hall–Kier alpha value is -2.89. The van der Waals surface area contributed by atoms with Crippen LogP contribution in [0.2, 0.25) is 0 Å². The molecule has 2 aromatic rings. The summed E-state index contributed by atoms with van der Waals surface area (Å²) in [7, 11) is 5.06. The number of benzene rings is 2. The molecule has 0 spiro atoms. The smallest absolute Gasteiger partial charge is 0.191 e. The number of nitrogens with one attached hydrogen (secondary N) is 2. The van der Waals surface area contributed by atoms with E-state index in [1.54, 1.807) is 21.3 Å². The van der Waals surface area contributed by atoms with E-state index in [-0.39, 0.29) is 0 Å². The average Bonchev–Trinajstić information content (AvgIpc) is 2.74. The third-order valence-electron chi connectivity index (χ3n) is 4.21. The monoisotopic (exact) mass is 385 g/mol. The minimum atomic E-state index is 0.680. The average molecular weight is 386 g/mol. The second kappa shape index (κ2) is 11.7. The third-order valence-corrected chi connectivity index (χ3v) is 4.21. The molecule has 2 rings (SSSR count). The van der Waals surface area contributed by atoms with Crippen LogP contribution in [0.5, 0.6) is 17.2 Å². The van der Waals surface area contributed by atoms with Crippen molar-refractivity contribution in [3.05, 3.63) is 53.6 Å². The minimum Gasteiger partial charge on any atom is -0.494 e. The molecular weight excluding hydrogens is 354 g/mol. The maximum atomic E-state index is 5.69. The lowest BCUT2D eigenvalue weighted by Gasteiger charge is -2.13. The van der Waals surface area contributed by atoms with E-state index in [2.05, 4.69) is 34.7 Å². The first-order valence-corrected chi connectivity index (χ1v) is 9.57. The number of rotatable bonds is 10. The number of hydrogen-bond donors (Lipinski definition) is 2. The van der Waals surface area contributed by atoms with Gasteiger partial charge in [0.2, 0.25) is 0 Å². The van der Waals surface area contributed by atoms with Crippen molar-refractivity contribution in [2.24, 2.45) is 4.99 Å². The molecule has 0 amide bonds. The molecule has 0 saturated heterocycles. The zero-order chi connectivity index (χ0) is 20.2.